The molecule has 5 nitrogen and oxygen atoms in total. The monoisotopic (exact) mass is 288 g/mol. The number of halogens is 3. The van der Waals surface area contributed by atoms with Gasteiger partial charge in [-0.1, -0.05) is 11.2 Å². The number of aryl methyl sites for hydroxylation is 1. The Morgan fingerprint density at radius 2 is 2.10 bits per heavy atom. The summed E-state index contributed by atoms with van der Waals surface area (Å²) in [6.07, 6.45) is -4.58. The number of rotatable bonds is 4. The first-order chi connectivity index (χ1) is 9.40. The van der Waals surface area contributed by atoms with Gasteiger partial charge in [0.25, 0.3) is 5.89 Å². The van der Waals surface area contributed by atoms with Crippen LogP contribution in [0.3, 0.4) is 0 Å². The molecule has 20 heavy (non-hydrogen) atoms. The van der Waals surface area contributed by atoms with Crippen LogP contribution in [0.25, 0.3) is 0 Å². The Balaban J connectivity index is 2.22. The van der Waals surface area contributed by atoms with Crippen molar-refractivity contribution < 1.29 is 27.5 Å². The van der Waals surface area contributed by atoms with Crippen molar-refractivity contribution in [1.82, 2.24) is 10.1 Å². The molecular formula is C12H11F3N2O3. The minimum Gasteiger partial charge on any atom is -0.483 e. The normalized spacial score (nSPS) is 11.7. The summed E-state index contributed by atoms with van der Waals surface area (Å²) < 4.78 is 48.5. The Hall–Kier alpha value is -2.09. The van der Waals surface area contributed by atoms with Crippen molar-refractivity contribution in [3.8, 4) is 5.75 Å². The molecule has 1 aromatic heterocycles. The molecule has 0 aliphatic heterocycles. The molecule has 0 spiro atoms. The lowest BCUT2D eigenvalue weighted by Gasteiger charge is -2.14. The summed E-state index contributed by atoms with van der Waals surface area (Å²) in [4.78, 5) is 3.83. The van der Waals surface area contributed by atoms with Crippen LogP contribution in [0.1, 0.15) is 22.8 Å². The van der Waals surface area contributed by atoms with E-state index in [0.717, 1.165) is 12.1 Å². The second kappa shape index (κ2) is 5.49. The van der Waals surface area contributed by atoms with Crippen LogP contribution in [-0.2, 0) is 19.4 Å². The van der Waals surface area contributed by atoms with Gasteiger partial charge in [0.05, 0.1) is 12.2 Å². The summed E-state index contributed by atoms with van der Waals surface area (Å²) in [5, 5.41) is 12.4. The average molecular weight is 288 g/mol. The van der Waals surface area contributed by atoms with Gasteiger partial charge < -0.3 is 14.4 Å². The van der Waals surface area contributed by atoms with E-state index in [1.165, 1.54) is 6.07 Å². The van der Waals surface area contributed by atoms with Crippen LogP contribution in [0, 0.1) is 6.92 Å². The van der Waals surface area contributed by atoms with Gasteiger partial charge in [0.2, 0.25) is 0 Å². The standard InChI is InChI=1S/C12H11F3N2O3/c1-7-16-11(20-17-7)6-19-10-3-2-8(5-18)4-9(10)12(13,14)15/h2-4,18H,5-6H2,1H3. The predicted octanol–water partition coefficient (Wildman–Crippen LogP) is 2.47. The summed E-state index contributed by atoms with van der Waals surface area (Å²) in [6.45, 7) is 0.846. The van der Waals surface area contributed by atoms with Crippen molar-refractivity contribution in [2.75, 3.05) is 0 Å². The molecule has 2 aromatic rings. The first kappa shape index (κ1) is 14.3. The minimum absolute atomic E-state index is 0.0851. The van der Waals surface area contributed by atoms with Gasteiger partial charge in [-0.25, -0.2) is 0 Å². The largest absolute Gasteiger partial charge is 0.483 e. The summed E-state index contributed by atoms with van der Waals surface area (Å²) in [5.74, 6) is 0.0997. The average Bonchev–Trinajstić information content (AvgIpc) is 2.81. The van der Waals surface area contributed by atoms with Crippen molar-refractivity contribution in [1.29, 1.82) is 0 Å². The van der Waals surface area contributed by atoms with Crippen LogP contribution in [0.5, 0.6) is 5.75 Å². The molecule has 0 aliphatic rings. The van der Waals surface area contributed by atoms with Crippen LogP contribution < -0.4 is 4.74 Å². The van der Waals surface area contributed by atoms with E-state index in [2.05, 4.69) is 10.1 Å². The zero-order valence-electron chi connectivity index (χ0n) is 10.4. The van der Waals surface area contributed by atoms with E-state index in [1.807, 2.05) is 0 Å². The maximum atomic E-state index is 12.9. The number of hydrogen-bond donors (Lipinski definition) is 1. The third-order valence-corrected chi connectivity index (χ3v) is 2.45. The Morgan fingerprint density at radius 1 is 1.35 bits per heavy atom. The van der Waals surface area contributed by atoms with E-state index in [1.54, 1.807) is 6.92 Å². The number of aliphatic hydroxyl groups is 1. The molecule has 0 aliphatic carbocycles. The summed E-state index contributed by atoms with van der Waals surface area (Å²) in [5.41, 5.74) is -0.807. The Kier molecular flexibility index (Phi) is 3.93. The van der Waals surface area contributed by atoms with Crippen molar-refractivity contribution in [2.24, 2.45) is 0 Å². The van der Waals surface area contributed by atoms with Gasteiger partial charge >= 0.3 is 6.18 Å². The highest BCUT2D eigenvalue weighted by molar-refractivity contribution is 5.39. The van der Waals surface area contributed by atoms with Crippen molar-refractivity contribution in [3.05, 3.63) is 41.0 Å². The van der Waals surface area contributed by atoms with Gasteiger partial charge in [-0.3, -0.25) is 0 Å². The fourth-order valence-corrected chi connectivity index (χ4v) is 1.56. The van der Waals surface area contributed by atoms with E-state index in [-0.39, 0.29) is 23.8 Å². The Bertz CT molecular complexity index is 596. The SMILES string of the molecule is Cc1noc(COc2ccc(CO)cc2C(F)(F)F)n1. The molecule has 0 saturated carbocycles. The van der Waals surface area contributed by atoms with E-state index in [9.17, 15) is 13.2 Å². The number of hydrogen-bond acceptors (Lipinski definition) is 5. The molecule has 0 unspecified atom stereocenters. The number of aliphatic hydroxyl groups excluding tert-OH is 1. The van der Waals surface area contributed by atoms with Crippen LogP contribution in [0.15, 0.2) is 22.7 Å². The second-order valence-electron chi connectivity index (χ2n) is 4.01. The highest BCUT2D eigenvalue weighted by Gasteiger charge is 2.34. The molecule has 0 saturated heterocycles. The van der Waals surface area contributed by atoms with E-state index >= 15 is 0 Å². The van der Waals surface area contributed by atoms with E-state index < -0.39 is 18.3 Å². The topological polar surface area (TPSA) is 68.4 Å². The van der Waals surface area contributed by atoms with Crippen molar-refractivity contribution in [2.45, 2.75) is 26.3 Å². The molecule has 8 heteroatoms. The highest BCUT2D eigenvalue weighted by Crippen LogP contribution is 2.37. The Labute approximate surface area is 112 Å². The molecule has 1 heterocycles. The predicted molar refractivity (Wildman–Crippen MR) is 60.7 cm³/mol. The lowest BCUT2D eigenvalue weighted by molar-refractivity contribution is -0.139. The van der Waals surface area contributed by atoms with Crippen molar-refractivity contribution >= 4 is 0 Å². The molecule has 0 radical (unpaired) electrons. The summed E-state index contributed by atoms with van der Waals surface area (Å²) in [7, 11) is 0. The molecule has 1 aromatic carbocycles. The van der Waals surface area contributed by atoms with Crippen LogP contribution in [0.4, 0.5) is 13.2 Å². The van der Waals surface area contributed by atoms with Crippen LogP contribution in [0.2, 0.25) is 0 Å². The number of aromatic nitrogens is 2. The maximum Gasteiger partial charge on any atom is 0.419 e. The second-order valence-corrected chi connectivity index (χ2v) is 4.01. The highest BCUT2D eigenvalue weighted by atomic mass is 19.4. The molecule has 1 N–H and O–H groups in total. The zero-order chi connectivity index (χ0) is 14.8. The number of benzene rings is 1. The lowest BCUT2D eigenvalue weighted by Crippen LogP contribution is -2.09. The van der Waals surface area contributed by atoms with Gasteiger partial charge in [0, 0.05) is 0 Å². The summed E-state index contributed by atoms with van der Waals surface area (Å²) >= 11 is 0. The molecule has 0 atom stereocenters. The fraction of sp³-hybridized carbons (Fsp3) is 0.333. The summed E-state index contributed by atoms with van der Waals surface area (Å²) in [6, 6.07) is 3.34. The quantitative estimate of drug-likeness (QED) is 0.936. The van der Waals surface area contributed by atoms with Crippen molar-refractivity contribution in [3.63, 3.8) is 0 Å². The number of alkyl halides is 3. The first-order valence-corrected chi connectivity index (χ1v) is 5.63. The van der Waals surface area contributed by atoms with Gasteiger partial charge in [0.1, 0.15) is 5.75 Å². The molecule has 0 bridgehead atoms. The van der Waals surface area contributed by atoms with Gasteiger partial charge in [-0.15, -0.1) is 0 Å². The van der Waals surface area contributed by atoms with Gasteiger partial charge in [-0.2, -0.15) is 18.2 Å². The van der Waals surface area contributed by atoms with E-state index in [0.29, 0.717) is 5.82 Å². The number of ether oxygens (including phenoxy) is 1. The number of nitrogens with zero attached hydrogens (tertiary/aromatic N) is 2. The lowest BCUT2D eigenvalue weighted by atomic mass is 10.1. The van der Waals surface area contributed by atoms with Crippen LogP contribution >= 0.6 is 0 Å². The molecule has 2 rings (SSSR count). The van der Waals surface area contributed by atoms with E-state index in [4.69, 9.17) is 14.4 Å². The molecule has 0 fully saturated rings. The van der Waals surface area contributed by atoms with Crippen LogP contribution in [-0.4, -0.2) is 15.2 Å². The molecule has 0 amide bonds. The molecule has 108 valence electrons. The van der Waals surface area contributed by atoms with Gasteiger partial charge in [-0.05, 0) is 24.6 Å². The maximum absolute atomic E-state index is 12.9. The molecular weight excluding hydrogens is 277 g/mol. The van der Waals surface area contributed by atoms with Gasteiger partial charge in [0.15, 0.2) is 12.4 Å². The smallest absolute Gasteiger partial charge is 0.419 e. The third kappa shape index (κ3) is 3.27. The zero-order valence-corrected chi connectivity index (χ0v) is 10.4. The Morgan fingerprint density at radius 3 is 2.65 bits per heavy atom. The first-order valence-electron chi connectivity index (χ1n) is 5.63. The fourth-order valence-electron chi connectivity index (χ4n) is 1.56. The minimum atomic E-state index is -4.58. The third-order valence-electron chi connectivity index (χ3n) is 2.45.